The van der Waals surface area contributed by atoms with Crippen LogP contribution >= 0.6 is 0 Å². The molecule has 22 heavy (non-hydrogen) atoms. The zero-order valence-corrected chi connectivity index (χ0v) is 13.6. The second-order valence-corrected chi connectivity index (χ2v) is 6.00. The van der Waals surface area contributed by atoms with Gasteiger partial charge in [-0.3, -0.25) is 0 Å². The molecule has 0 unspecified atom stereocenters. The summed E-state index contributed by atoms with van der Waals surface area (Å²) in [6.45, 7) is 7.58. The molecule has 0 atom stereocenters. The maximum absolute atomic E-state index is 6.10. The van der Waals surface area contributed by atoms with Gasteiger partial charge in [0.15, 0.2) is 0 Å². The van der Waals surface area contributed by atoms with Gasteiger partial charge in [-0.25, -0.2) is 0 Å². The van der Waals surface area contributed by atoms with E-state index in [0.717, 1.165) is 12.2 Å². The first-order valence-electron chi connectivity index (χ1n) is 7.73. The van der Waals surface area contributed by atoms with E-state index in [4.69, 9.17) is 15.2 Å². The van der Waals surface area contributed by atoms with Crippen LogP contribution in [-0.2, 0) is 5.41 Å². The zero-order chi connectivity index (χ0) is 16.0. The van der Waals surface area contributed by atoms with Crippen LogP contribution in [0.1, 0.15) is 32.8 Å². The standard InChI is InChI=1S/C19H25NO2/c1-4-19(2,3)15-10-11-18(17(20)14-15)22-13-12-21-16-8-6-5-7-9-16/h5-11,14H,4,12-13,20H2,1-3H3. The molecule has 2 aromatic rings. The van der Waals surface area contributed by atoms with Crippen molar-refractivity contribution in [3.63, 3.8) is 0 Å². The van der Waals surface area contributed by atoms with Crippen LogP contribution in [0.5, 0.6) is 11.5 Å². The molecule has 3 heteroatoms. The molecule has 0 saturated carbocycles. The molecule has 0 aliphatic rings. The minimum atomic E-state index is 0.128. The summed E-state index contributed by atoms with van der Waals surface area (Å²) in [5, 5.41) is 0. The maximum Gasteiger partial charge on any atom is 0.142 e. The predicted octanol–water partition coefficient (Wildman–Crippen LogP) is 4.41. The van der Waals surface area contributed by atoms with Gasteiger partial charge in [0.25, 0.3) is 0 Å². The molecule has 0 bridgehead atoms. The molecule has 0 aromatic heterocycles. The van der Waals surface area contributed by atoms with E-state index in [1.165, 1.54) is 5.56 Å². The molecule has 118 valence electrons. The van der Waals surface area contributed by atoms with Crippen LogP contribution in [0.15, 0.2) is 48.5 Å². The molecule has 0 radical (unpaired) electrons. The number of para-hydroxylation sites is 1. The molecule has 2 aromatic carbocycles. The lowest BCUT2D eigenvalue weighted by Gasteiger charge is -2.24. The number of rotatable bonds is 7. The fraction of sp³-hybridized carbons (Fsp3) is 0.368. The Balaban J connectivity index is 1.88. The molecule has 2 N–H and O–H groups in total. The van der Waals surface area contributed by atoms with E-state index >= 15 is 0 Å². The topological polar surface area (TPSA) is 44.5 Å². The monoisotopic (exact) mass is 299 g/mol. The molecule has 0 saturated heterocycles. The van der Waals surface area contributed by atoms with Crippen LogP contribution in [0.2, 0.25) is 0 Å². The van der Waals surface area contributed by atoms with Crippen molar-refractivity contribution >= 4 is 5.69 Å². The van der Waals surface area contributed by atoms with Crippen LogP contribution in [0.3, 0.4) is 0 Å². The third-order valence-electron chi connectivity index (χ3n) is 4.03. The zero-order valence-electron chi connectivity index (χ0n) is 13.6. The third kappa shape index (κ3) is 4.17. The van der Waals surface area contributed by atoms with Crippen molar-refractivity contribution in [2.24, 2.45) is 0 Å². The van der Waals surface area contributed by atoms with Crippen molar-refractivity contribution in [2.75, 3.05) is 18.9 Å². The van der Waals surface area contributed by atoms with Crippen molar-refractivity contribution in [3.8, 4) is 11.5 Å². The van der Waals surface area contributed by atoms with Crippen molar-refractivity contribution in [2.45, 2.75) is 32.6 Å². The second kappa shape index (κ2) is 7.21. The van der Waals surface area contributed by atoms with Gasteiger partial charge in [-0.05, 0) is 41.7 Å². The quantitative estimate of drug-likeness (QED) is 0.608. The van der Waals surface area contributed by atoms with Crippen molar-refractivity contribution in [1.82, 2.24) is 0 Å². The Bertz CT molecular complexity index is 594. The predicted molar refractivity (Wildman–Crippen MR) is 91.6 cm³/mol. The largest absolute Gasteiger partial charge is 0.490 e. The maximum atomic E-state index is 6.10. The van der Waals surface area contributed by atoms with Gasteiger partial charge in [0.1, 0.15) is 24.7 Å². The molecular formula is C19H25NO2. The average molecular weight is 299 g/mol. The Morgan fingerprint density at radius 1 is 0.955 bits per heavy atom. The Labute approximate surface area is 133 Å². The van der Waals surface area contributed by atoms with E-state index in [-0.39, 0.29) is 5.41 Å². The van der Waals surface area contributed by atoms with Gasteiger partial charge >= 0.3 is 0 Å². The molecule has 2 rings (SSSR count). The Morgan fingerprint density at radius 2 is 1.64 bits per heavy atom. The number of nitrogen functional groups attached to an aromatic ring is 1. The van der Waals surface area contributed by atoms with Gasteiger partial charge in [0.2, 0.25) is 0 Å². The van der Waals surface area contributed by atoms with E-state index in [2.05, 4.69) is 26.8 Å². The summed E-state index contributed by atoms with van der Waals surface area (Å²) < 4.78 is 11.3. The first-order valence-corrected chi connectivity index (χ1v) is 7.73. The second-order valence-electron chi connectivity index (χ2n) is 6.00. The summed E-state index contributed by atoms with van der Waals surface area (Å²) in [4.78, 5) is 0. The summed E-state index contributed by atoms with van der Waals surface area (Å²) in [7, 11) is 0. The highest BCUT2D eigenvalue weighted by Crippen LogP contribution is 2.31. The van der Waals surface area contributed by atoms with Crippen LogP contribution in [-0.4, -0.2) is 13.2 Å². The molecule has 0 fully saturated rings. The lowest BCUT2D eigenvalue weighted by molar-refractivity contribution is 0.218. The highest BCUT2D eigenvalue weighted by Gasteiger charge is 2.18. The van der Waals surface area contributed by atoms with E-state index in [0.29, 0.717) is 24.7 Å². The SMILES string of the molecule is CCC(C)(C)c1ccc(OCCOc2ccccc2)c(N)c1. The Kier molecular flexibility index (Phi) is 5.31. The number of anilines is 1. The van der Waals surface area contributed by atoms with Crippen molar-refractivity contribution < 1.29 is 9.47 Å². The molecule has 0 aliphatic carbocycles. The molecule has 3 nitrogen and oxygen atoms in total. The Morgan fingerprint density at radius 3 is 2.27 bits per heavy atom. The molecule has 0 heterocycles. The smallest absolute Gasteiger partial charge is 0.142 e. The Hall–Kier alpha value is -2.16. The van der Waals surface area contributed by atoms with Crippen LogP contribution in [0, 0.1) is 0 Å². The van der Waals surface area contributed by atoms with Crippen LogP contribution in [0.4, 0.5) is 5.69 Å². The average Bonchev–Trinajstić information content (AvgIpc) is 2.53. The summed E-state index contributed by atoms with van der Waals surface area (Å²) in [5.41, 5.74) is 8.14. The van der Waals surface area contributed by atoms with Gasteiger partial charge in [0, 0.05) is 0 Å². The van der Waals surface area contributed by atoms with E-state index in [9.17, 15) is 0 Å². The van der Waals surface area contributed by atoms with Crippen molar-refractivity contribution in [1.29, 1.82) is 0 Å². The lowest BCUT2D eigenvalue weighted by Crippen LogP contribution is -2.16. The van der Waals surface area contributed by atoms with Gasteiger partial charge in [-0.15, -0.1) is 0 Å². The lowest BCUT2D eigenvalue weighted by atomic mass is 9.82. The van der Waals surface area contributed by atoms with E-state index < -0.39 is 0 Å². The fourth-order valence-corrected chi connectivity index (χ4v) is 2.13. The summed E-state index contributed by atoms with van der Waals surface area (Å²) in [5.74, 6) is 1.56. The molecule has 0 amide bonds. The molecular weight excluding hydrogens is 274 g/mol. The fourth-order valence-electron chi connectivity index (χ4n) is 2.13. The first kappa shape index (κ1) is 16.2. The van der Waals surface area contributed by atoms with Gasteiger partial charge in [-0.1, -0.05) is 45.0 Å². The number of ether oxygens (including phenoxy) is 2. The molecule has 0 aliphatic heterocycles. The minimum Gasteiger partial charge on any atom is -0.490 e. The summed E-state index contributed by atoms with van der Waals surface area (Å²) >= 11 is 0. The number of benzene rings is 2. The summed E-state index contributed by atoms with van der Waals surface area (Å²) in [6, 6.07) is 15.8. The van der Waals surface area contributed by atoms with Gasteiger partial charge in [0.05, 0.1) is 5.69 Å². The van der Waals surface area contributed by atoms with Gasteiger partial charge in [-0.2, -0.15) is 0 Å². The van der Waals surface area contributed by atoms with Gasteiger partial charge < -0.3 is 15.2 Å². The van der Waals surface area contributed by atoms with Crippen molar-refractivity contribution in [3.05, 3.63) is 54.1 Å². The normalized spacial score (nSPS) is 11.2. The first-order chi connectivity index (χ1) is 10.5. The van der Waals surface area contributed by atoms with E-state index in [1.54, 1.807) is 0 Å². The van der Waals surface area contributed by atoms with E-state index in [1.807, 2.05) is 42.5 Å². The number of nitrogens with two attached hydrogens (primary N) is 1. The van der Waals surface area contributed by atoms with Crippen LogP contribution < -0.4 is 15.2 Å². The minimum absolute atomic E-state index is 0.128. The highest BCUT2D eigenvalue weighted by molar-refractivity contribution is 5.55. The third-order valence-corrected chi connectivity index (χ3v) is 4.03. The van der Waals surface area contributed by atoms with Crippen LogP contribution in [0.25, 0.3) is 0 Å². The highest BCUT2D eigenvalue weighted by atomic mass is 16.5. The number of hydrogen-bond acceptors (Lipinski definition) is 3. The molecule has 0 spiro atoms. The number of hydrogen-bond donors (Lipinski definition) is 1. The summed E-state index contributed by atoms with van der Waals surface area (Å²) in [6.07, 6.45) is 1.07.